The van der Waals surface area contributed by atoms with Crippen molar-refractivity contribution in [1.29, 1.82) is 0 Å². The van der Waals surface area contributed by atoms with Crippen molar-refractivity contribution in [3.05, 3.63) is 35.9 Å². The van der Waals surface area contributed by atoms with E-state index in [-0.39, 0.29) is 18.5 Å². The van der Waals surface area contributed by atoms with Gasteiger partial charge in [-0.15, -0.1) is 23.5 Å². The van der Waals surface area contributed by atoms with E-state index >= 15 is 0 Å². The van der Waals surface area contributed by atoms with Crippen LogP contribution in [0.5, 0.6) is 0 Å². The van der Waals surface area contributed by atoms with Crippen molar-refractivity contribution in [3.63, 3.8) is 0 Å². The van der Waals surface area contributed by atoms with Gasteiger partial charge in [0.1, 0.15) is 10.9 Å². The van der Waals surface area contributed by atoms with Crippen LogP contribution in [0.15, 0.2) is 35.3 Å². The number of likely N-dealkylation sites (N-methyl/N-ethyl adjacent to an activating group) is 1. The van der Waals surface area contributed by atoms with Gasteiger partial charge in [0.15, 0.2) is 0 Å². The summed E-state index contributed by atoms with van der Waals surface area (Å²) in [7, 11) is 1.70. The van der Waals surface area contributed by atoms with Crippen molar-refractivity contribution in [2.24, 2.45) is 4.99 Å². The molecular formula is C15H22N2O2S2. The van der Waals surface area contributed by atoms with Crippen LogP contribution in [0.4, 0.5) is 0 Å². The fourth-order valence-corrected chi connectivity index (χ4v) is 2.88. The van der Waals surface area contributed by atoms with Gasteiger partial charge in [-0.2, -0.15) is 0 Å². The third kappa shape index (κ3) is 5.37. The average molecular weight is 326 g/mol. The number of aliphatic hydroxyl groups is 1. The number of aliphatic hydroxyl groups excluding tert-OH is 1. The molecule has 0 aliphatic carbocycles. The highest BCUT2D eigenvalue weighted by Gasteiger charge is 2.23. The number of carbonyl (C=O) groups excluding carboxylic acids is 1. The van der Waals surface area contributed by atoms with Gasteiger partial charge >= 0.3 is 0 Å². The van der Waals surface area contributed by atoms with Gasteiger partial charge in [-0.1, -0.05) is 30.3 Å². The third-order valence-electron chi connectivity index (χ3n) is 3.29. The van der Waals surface area contributed by atoms with Crippen molar-refractivity contribution in [2.45, 2.75) is 19.1 Å². The number of hydrogen-bond donors (Lipinski definition) is 1. The molecule has 0 aliphatic rings. The molecule has 0 spiro atoms. The topological polar surface area (TPSA) is 52.9 Å². The summed E-state index contributed by atoms with van der Waals surface area (Å²) in [4.78, 5) is 18.0. The molecule has 1 aromatic rings. The lowest BCUT2D eigenvalue weighted by atomic mass is 10.0. The van der Waals surface area contributed by atoms with Crippen LogP contribution in [0.3, 0.4) is 0 Å². The second-order valence-electron chi connectivity index (χ2n) is 4.59. The molecule has 0 fully saturated rings. The molecule has 116 valence electrons. The zero-order valence-corrected chi connectivity index (χ0v) is 14.4. The van der Waals surface area contributed by atoms with E-state index in [4.69, 9.17) is 0 Å². The van der Waals surface area contributed by atoms with Gasteiger partial charge in [0.05, 0.1) is 12.1 Å². The lowest BCUT2D eigenvalue weighted by Crippen LogP contribution is -2.40. The van der Waals surface area contributed by atoms with Gasteiger partial charge in [0.25, 0.3) is 0 Å². The molecular weight excluding hydrogens is 304 g/mol. The fourth-order valence-electron chi connectivity index (χ4n) is 1.82. The highest BCUT2D eigenvalue weighted by atomic mass is 32.2. The van der Waals surface area contributed by atoms with Crippen LogP contribution in [-0.2, 0) is 4.79 Å². The standard InChI is InChI=1S/C15H22N2O2S2/c1-11(14(19)12-8-6-5-7-9-12)17(2)13(18)10-16-15(20-3)21-4/h5-9,11,14,19H,10H2,1-4H3/t11-,14+/m0/s1. The van der Waals surface area contributed by atoms with Crippen LogP contribution < -0.4 is 0 Å². The molecule has 0 saturated carbocycles. The minimum Gasteiger partial charge on any atom is -0.386 e. The Morgan fingerprint density at radius 2 is 1.86 bits per heavy atom. The predicted octanol–water partition coefficient (Wildman–Crippen LogP) is 2.65. The lowest BCUT2D eigenvalue weighted by Gasteiger charge is -2.29. The SMILES string of the molecule is CSC(=NCC(=O)N(C)[C@@H](C)[C@@H](O)c1ccccc1)SC. The van der Waals surface area contributed by atoms with Crippen LogP contribution in [0.2, 0.25) is 0 Å². The summed E-state index contributed by atoms with van der Waals surface area (Å²) < 4.78 is 0.882. The van der Waals surface area contributed by atoms with Crippen LogP contribution in [-0.4, -0.2) is 52.4 Å². The maximum absolute atomic E-state index is 12.1. The number of aliphatic imine (C=N–C) groups is 1. The molecule has 0 radical (unpaired) electrons. The Morgan fingerprint density at radius 1 is 1.29 bits per heavy atom. The highest BCUT2D eigenvalue weighted by Crippen LogP contribution is 2.20. The van der Waals surface area contributed by atoms with Gasteiger partial charge in [0.2, 0.25) is 5.91 Å². The zero-order valence-electron chi connectivity index (χ0n) is 12.8. The molecule has 0 aromatic heterocycles. The maximum Gasteiger partial charge on any atom is 0.244 e. The molecule has 0 saturated heterocycles. The first-order valence-electron chi connectivity index (χ1n) is 6.62. The van der Waals surface area contributed by atoms with Gasteiger partial charge in [-0.05, 0) is 25.0 Å². The second-order valence-corrected chi connectivity index (χ2v) is 6.44. The molecule has 1 amide bonds. The average Bonchev–Trinajstić information content (AvgIpc) is 2.54. The number of nitrogens with zero attached hydrogens (tertiary/aromatic N) is 2. The van der Waals surface area contributed by atoms with Crippen LogP contribution >= 0.6 is 23.5 Å². The first kappa shape index (κ1) is 18.1. The van der Waals surface area contributed by atoms with E-state index in [1.165, 1.54) is 23.5 Å². The molecule has 0 bridgehead atoms. The van der Waals surface area contributed by atoms with Gasteiger partial charge < -0.3 is 10.0 Å². The predicted molar refractivity (Wildman–Crippen MR) is 93.0 cm³/mol. The van der Waals surface area contributed by atoms with E-state index in [2.05, 4.69) is 4.99 Å². The molecule has 1 N–H and O–H groups in total. The molecule has 21 heavy (non-hydrogen) atoms. The van der Waals surface area contributed by atoms with E-state index < -0.39 is 6.10 Å². The Kier molecular flexibility index (Phi) is 7.85. The molecule has 0 unspecified atom stereocenters. The Labute approximate surface area is 135 Å². The number of hydrogen-bond acceptors (Lipinski definition) is 5. The smallest absolute Gasteiger partial charge is 0.244 e. The van der Waals surface area contributed by atoms with Crippen molar-refractivity contribution in [2.75, 3.05) is 26.1 Å². The number of thioether (sulfide) groups is 2. The molecule has 4 nitrogen and oxygen atoms in total. The monoisotopic (exact) mass is 326 g/mol. The molecule has 2 atom stereocenters. The lowest BCUT2D eigenvalue weighted by molar-refractivity contribution is -0.132. The van der Waals surface area contributed by atoms with Gasteiger partial charge in [-0.3, -0.25) is 9.79 Å². The Bertz CT molecular complexity index is 474. The number of carbonyl (C=O) groups is 1. The molecule has 1 rings (SSSR count). The Morgan fingerprint density at radius 3 is 2.38 bits per heavy atom. The van der Waals surface area contributed by atoms with Crippen molar-refractivity contribution < 1.29 is 9.90 Å². The molecule has 0 aliphatic heterocycles. The van der Waals surface area contributed by atoms with Gasteiger partial charge in [0, 0.05) is 7.05 Å². The summed E-state index contributed by atoms with van der Waals surface area (Å²) in [6.45, 7) is 1.95. The van der Waals surface area contributed by atoms with E-state index in [0.29, 0.717) is 0 Å². The van der Waals surface area contributed by atoms with Crippen LogP contribution in [0.1, 0.15) is 18.6 Å². The van der Waals surface area contributed by atoms with Gasteiger partial charge in [-0.25, -0.2) is 0 Å². The number of benzene rings is 1. The van der Waals surface area contributed by atoms with Crippen molar-refractivity contribution in [1.82, 2.24) is 4.90 Å². The molecule has 0 heterocycles. The largest absolute Gasteiger partial charge is 0.386 e. The Balaban J connectivity index is 2.67. The number of rotatable bonds is 5. The van der Waals surface area contributed by atoms with E-state index in [1.807, 2.05) is 49.8 Å². The minimum atomic E-state index is -0.704. The van der Waals surface area contributed by atoms with Crippen molar-refractivity contribution >= 4 is 33.8 Å². The summed E-state index contributed by atoms with van der Waals surface area (Å²) in [5.41, 5.74) is 0.807. The van der Waals surface area contributed by atoms with Crippen LogP contribution in [0.25, 0.3) is 0 Å². The van der Waals surface area contributed by atoms with E-state index in [9.17, 15) is 9.90 Å². The normalized spacial score (nSPS) is 13.4. The second kappa shape index (κ2) is 9.12. The quantitative estimate of drug-likeness (QED) is 0.667. The maximum atomic E-state index is 12.1. The highest BCUT2D eigenvalue weighted by molar-refractivity contribution is 8.38. The summed E-state index contributed by atoms with van der Waals surface area (Å²) in [6, 6.07) is 9.06. The first-order chi connectivity index (χ1) is 10.0. The fraction of sp³-hybridized carbons (Fsp3) is 0.467. The summed E-state index contributed by atoms with van der Waals surface area (Å²) in [5, 5.41) is 10.3. The first-order valence-corrected chi connectivity index (χ1v) is 9.07. The third-order valence-corrected chi connectivity index (χ3v) is 5.25. The summed E-state index contributed by atoms with van der Waals surface area (Å²) in [5.74, 6) is -0.0990. The number of amides is 1. The van der Waals surface area contributed by atoms with E-state index in [1.54, 1.807) is 11.9 Å². The van der Waals surface area contributed by atoms with Crippen LogP contribution in [0, 0.1) is 0 Å². The molecule has 1 aromatic carbocycles. The zero-order chi connectivity index (χ0) is 15.8. The summed E-state index contributed by atoms with van der Waals surface area (Å²) in [6.07, 6.45) is 3.17. The van der Waals surface area contributed by atoms with Crippen molar-refractivity contribution in [3.8, 4) is 0 Å². The van der Waals surface area contributed by atoms with E-state index in [0.717, 1.165) is 9.94 Å². The summed E-state index contributed by atoms with van der Waals surface area (Å²) >= 11 is 3.06. The Hall–Kier alpha value is -0.980. The molecule has 6 heteroatoms. The minimum absolute atomic E-state index is 0.0990.